The normalized spacial score (nSPS) is 13.1. The van der Waals surface area contributed by atoms with Gasteiger partial charge in [-0.3, -0.25) is 0 Å². The van der Waals surface area contributed by atoms with Crippen molar-refractivity contribution >= 4 is 55.7 Å². The molecule has 0 unspecified atom stereocenters. The maximum absolute atomic E-state index is 2.50. The van der Waals surface area contributed by atoms with Gasteiger partial charge in [-0.25, -0.2) is 0 Å². The van der Waals surface area contributed by atoms with Crippen molar-refractivity contribution in [2.45, 2.75) is 52.4 Å². The molecule has 0 saturated carbocycles. The molecule has 0 aliphatic heterocycles. The molecule has 0 aromatic heterocycles. The third-order valence-electron chi connectivity index (χ3n) is 20.8. The SMILES string of the molecule is Cc1cccc(N(c2ccc3c(c2)C(C)(C)c2cc(-c4ccc(-c5ccccc5)cc4)ccc2-3)c2cc3cccc(-c4ccc(N(c5ccc(-c6ccccc6)cc5)c5ccc6c(c5)C(C)(C)c5cc(-c7ccc(-c8ccccc8)cc7)ccc5-6)cc4C)c3c3ccccc23)c1. The molecule has 2 aliphatic rings. The summed E-state index contributed by atoms with van der Waals surface area (Å²) in [5, 5.41) is 4.85. The van der Waals surface area contributed by atoms with Crippen molar-refractivity contribution in [1.82, 2.24) is 0 Å². The average Bonchev–Trinajstić information content (AvgIpc) is 1.58. The van der Waals surface area contributed by atoms with Crippen molar-refractivity contribution in [2.75, 3.05) is 9.80 Å². The summed E-state index contributed by atoms with van der Waals surface area (Å²) >= 11 is 0. The summed E-state index contributed by atoms with van der Waals surface area (Å²) in [5.41, 5.74) is 33.9. The topological polar surface area (TPSA) is 6.48 Å². The Labute approximate surface area is 564 Å². The van der Waals surface area contributed by atoms with Crippen molar-refractivity contribution in [2.24, 2.45) is 0 Å². The Hall–Kier alpha value is -11.6. The highest BCUT2D eigenvalue weighted by Crippen LogP contribution is 2.55. The molecule has 0 N–H and O–H groups in total. The largest absolute Gasteiger partial charge is 0.310 e. The van der Waals surface area contributed by atoms with Crippen molar-refractivity contribution < 1.29 is 0 Å². The second-order valence-corrected chi connectivity index (χ2v) is 27.4. The maximum Gasteiger partial charge on any atom is 0.0546 e. The number of benzene rings is 15. The van der Waals surface area contributed by atoms with Gasteiger partial charge in [-0.2, -0.15) is 0 Å². The molecule has 0 atom stereocenters. The fourth-order valence-corrected chi connectivity index (χ4v) is 15.8. The minimum Gasteiger partial charge on any atom is -0.310 e. The lowest BCUT2D eigenvalue weighted by molar-refractivity contribution is 0.660. The maximum atomic E-state index is 2.50. The van der Waals surface area contributed by atoms with Crippen LogP contribution in [0.4, 0.5) is 34.1 Å². The van der Waals surface area contributed by atoms with Crippen LogP contribution >= 0.6 is 0 Å². The van der Waals surface area contributed by atoms with Gasteiger partial charge >= 0.3 is 0 Å². The van der Waals surface area contributed by atoms with Crippen LogP contribution in [0.1, 0.15) is 61.1 Å². The van der Waals surface area contributed by atoms with Crippen LogP contribution in [0, 0.1) is 13.8 Å². The van der Waals surface area contributed by atoms with E-state index in [0.29, 0.717) is 0 Å². The Bertz CT molecular complexity index is 5510. The van der Waals surface area contributed by atoms with Crippen molar-refractivity contribution in [3.63, 3.8) is 0 Å². The van der Waals surface area contributed by atoms with Crippen molar-refractivity contribution in [3.8, 4) is 89.0 Å². The molecule has 0 saturated heterocycles. The standard InChI is InChI=1S/C94H72N2/c1-61-20-18-28-75(54-61)96(78-48-53-83-81-50-43-72(57-88(81)94(5,6)90(83)60-78)70-38-34-67(35-39-70)64-23-12-8-13-24-64)91-58-73-27-19-31-85(92(73)86-30-17-16-29-84(86)91)79-51-46-76(55-62(79)2)95(74-44-40-68(41-45-74)65-25-14-9-15-26-65)77-47-52-82-80-49-42-71(56-87(80)93(3,4)89(82)59-77)69-36-32-66(33-37-69)63-21-10-7-11-22-63/h7-60H,1-6H3. The molecular formula is C94H72N2. The van der Waals surface area contributed by atoms with E-state index in [0.717, 1.165) is 34.1 Å². The number of hydrogen-bond acceptors (Lipinski definition) is 2. The molecule has 15 aromatic rings. The van der Waals surface area contributed by atoms with Gasteiger partial charge in [-0.1, -0.05) is 276 Å². The predicted octanol–water partition coefficient (Wildman–Crippen LogP) is 26.2. The van der Waals surface area contributed by atoms with E-state index in [1.165, 1.54) is 144 Å². The summed E-state index contributed by atoms with van der Waals surface area (Å²) in [6.45, 7) is 14.1. The Balaban J connectivity index is 0.735. The first-order chi connectivity index (χ1) is 46.9. The molecular weight excluding hydrogens is 1160 g/mol. The lowest BCUT2D eigenvalue weighted by Crippen LogP contribution is -2.17. The van der Waals surface area contributed by atoms with E-state index >= 15 is 0 Å². The summed E-state index contributed by atoms with van der Waals surface area (Å²) in [6, 6.07) is 122. The zero-order valence-corrected chi connectivity index (χ0v) is 55.1. The third-order valence-corrected chi connectivity index (χ3v) is 20.8. The van der Waals surface area contributed by atoms with Gasteiger partial charge in [-0.05, 0) is 231 Å². The molecule has 458 valence electrons. The molecule has 0 spiro atoms. The van der Waals surface area contributed by atoms with Gasteiger partial charge in [0.05, 0.1) is 5.69 Å². The van der Waals surface area contributed by atoms with Gasteiger partial charge in [0.15, 0.2) is 0 Å². The number of aryl methyl sites for hydroxylation is 2. The summed E-state index contributed by atoms with van der Waals surface area (Å²) in [4.78, 5) is 4.96. The van der Waals surface area contributed by atoms with Crippen LogP contribution in [-0.4, -0.2) is 0 Å². The van der Waals surface area contributed by atoms with Crippen LogP contribution in [-0.2, 0) is 10.8 Å². The zero-order valence-electron chi connectivity index (χ0n) is 55.1. The first kappa shape index (κ1) is 58.3. The van der Waals surface area contributed by atoms with Gasteiger partial charge in [0, 0.05) is 44.7 Å². The van der Waals surface area contributed by atoms with E-state index in [1.54, 1.807) is 0 Å². The van der Waals surface area contributed by atoms with Gasteiger partial charge in [0.1, 0.15) is 0 Å². The average molecular weight is 1230 g/mol. The predicted molar refractivity (Wildman–Crippen MR) is 408 cm³/mol. The molecule has 0 fully saturated rings. The molecule has 0 radical (unpaired) electrons. The molecule has 0 amide bonds. The number of nitrogens with zero attached hydrogens (tertiary/aromatic N) is 2. The summed E-state index contributed by atoms with van der Waals surface area (Å²) in [6.07, 6.45) is 0. The highest BCUT2D eigenvalue weighted by Gasteiger charge is 2.38. The van der Waals surface area contributed by atoms with Gasteiger partial charge in [-0.15, -0.1) is 0 Å². The van der Waals surface area contributed by atoms with Crippen LogP contribution in [0.2, 0.25) is 0 Å². The van der Waals surface area contributed by atoms with Crippen LogP contribution < -0.4 is 9.80 Å². The Morgan fingerprint density at radius 1 is 0.229 bits per heavy atom. The lowest BCUT2D eigenvalue weighted by atomic mass is 9.81. The molecule has 2 heteroatoms. The molecule has 0 heterocycles. The van der Waals surface area contributed by atoms with Gasteiger partial charge < -0.3 is 9.80 Å². The second-order valence-electron chi connectivity index (χ2n) is 27.4. The monoisotopic (exact) mass is 1230 g/mol. The first-order valence-electron chi connectivity index (χ1n) is 33.7. The highest BCUT2D eigenvalue weighted by atomic mass is 15.1. The smallest absolute Gasteiger partial charge is 0.0546 e. The molecule has 17 rings (SSSR count). The van der Waals surface area contributed by atoms with Crippen molar-refractivity contribution in [1.29, 1.82) is 0 Å². The molecule has 96 heavy (non-hydrogen) atoms. The van der Waals surface area contributed by atoms with E-state index in [2.05, 4.69) is 379 Å². The zero-order chi connectivity index (χ0) is 64.8. The number of fused-ring (bicyclic) bond motifs is 9. The van der Waals surface area contributed by atoms with Gasteiger partial charge in [0.2, 0.25) is 0 Å². The van der Waals surface area contributed by atoms with Gasteiger partial charge in [0.25, 0.3) is 0 Å². The van der Waals surface area contributed by atoms with E-state index < -0.39 is 0 Å². The van der Waals surface area contributed by atoms with E-state index in [4.69, 9.17) is 0 Å². The van der Waals surface area contributed by atoms with E-state index in [-0.39, 0.29) is 10.8 Å². The van der Waals surface area contributed by atoms with Crippen LogP contribution in [0.3, 0.4) is 0 Å². The number of anilines is 6. The Morgan fingerprint density at radius 2 is 0.594 bits per heavy atom. The first-order valence-corrected chi connectivity index (χ1v) is 33.7. The summed E-state index contributed by atoms with van der Waals surface area (Å²) < 4.78 is 0. The minimum absolute atomic E-state index is 0.245. The summed E-state index contributed by atoms with van der Waals surface area (Å²) in [7, 11) is 0. The fraction of sp³-hybridized carbons (Fsp3) is 0.0851. The Morgan fingerprint density at radius 3 is 1.08 bits per heavy atom. The van der Waals surface area contributed by atoms with Crippen LogP contribution in [0.15, 0.2) is 328 Å². The number of rotatable bonds is 12. The molecule has 2 aliphatic carbocycles. The summed E-state index contributed by atoms with van der Waals surface area (Å²) in [5.74, 6) is 0. The van der Waals surface area contributed by atoms with Crippen LogP contribution in [0.25, 0.3) is 111 Å². The number of hydrogen-bond donors (Lipinski definition) is 0. The second kappa shape index (κ2) is 23.2. The molecule has 15 aromatic carbocycles. The third kappa shape index (κ3) is 9.94. The van der Waals surface area contributed by atoms with E-state index in [9.17, 15) is 0 Å². The molecule has 2 nitrogen and oxygen atoms in total. The lowest BCUT2D eigenvalue weighted by Gasteiger charge is -2.30. The van der Waals surface area contributed by atoms with E-state index in [1.807, 2.05) is 0 Å². The van der Waals surface area contributed by atoms with Crippen LogP contribution in [0.5, 0.6) is 0 Å². The minimum atomic E-state index is -0.246. The van der Waals surface area contributed by atoms with Crippen molar-refractivity contribution in [3.05, 3.63) is 361 Å². The molecule has 0 bridgehead atoms. The fourth-order valence-electron chi connectivity index (χ4n) is 15.8. The highest BCUT2D eigenvalue weighted by molar-refractivity contribution is 6.19. The Kier molecular flexibility index (Phi) is 14.1. The quantitative estimate of drug-likeness (QED) is 0.113.